The van der Waals surface area contributed by atoms with Gasteiger partial charge in [0.05, 0.1) is 55.3 Å². The summed E-state index contributed by atoms with van der Waals surface area (Å²) < 4.78 is 16.5. The van der Waals surface area contributed by atoms with Crippen LogP contribution in [0.3, 0.4) is 0 Å². The molecule has 2 aliphatic heterocycles. The number of hydrogen-bond acceptors (Lipinski definition) is 9. The van der Waals surface area contributed by atoms with E-state index in [4.69, 9.17) is 47.4 Å². The van der Waals surface area contributed by atoms with E-state index in [9.17, 15) is 4.79 Å². The number of amides is 1. The second-order valence-electron chi connectivity index (χ2n) is 9.40. The van der Waals surface area contributed by atoms with E-state index in [-0.39, 0.29) is 18.0 Å². The molecule has 5 rings (SSSR count). The summed E-state index contributed by atoms with van der Waals surface area (Å²) in [6.45, 7) is 6.03. The first-order chi connectivity index (χ1) is 18.9. The summed E-state index contributed by atoms with van der Waals surface area (Å²) in [7, 11) is 3.08. The third-order valence-electron chi connectivity index (χ3n) is 6.94. The molecule has 1 aromatic carbocycles. The number of benzene rings is 1. The van der Waals surface area contributed by atoms with Gasteiger partial charge in [-0.25, -0.2) is 15.0 Å². The summed E-state index contributed by atoms with van der Waals surface area (Å²) in [5, 5.41) is 7.67. The SMILES string of the molecule is C=CC(=O)N[C@H]1COC[C@H]1Nc1ncc2cc(-c3c(Cl)c(OC)cc(OC)c3Cl)nc(N3CCCCC3)c2n1. The van der Waals surface area contributed by atoms with E-state index < -0.39 is 0 Å². The highest BCUT2D eigenvalue weighted by molar-refractivity contribution is 6.41. The molecule has 0 aliphatic carbocycles. The number of nitrogens with zero attached hydrogens (tertiary/aromatic N) is 4. The zero-order valence-electron chi connectivity index (χ0n) is 21.8. The Morgan fingerprint density at radius 1 is 1.08 bits per heavy atom. The number of carbonyl (C=O) groups is 1. The van der Waals surface area contributed by atoms with Crippen LogP contribution < -0.4 is 25.0 Å². The number of rotatable bonds is 8. The van der Waals surface area contributed by atoms with Gasteiger partial charge in [0, 0.05) is 36.3 Å². The first kappa shape index (κ1) is 27.2. The molecule has 0 radical (unpaired) electrons. The maximum Gasteiger partial charge on any atom is 0.243 e. The third-order valence-corrected chi connectivity index (χ3v) is 7.69. The van der Waals surface area contributed by atoms with Crippen LogP contribution >= 0.6 is 23.2 Å². The smallest absolute Gasteiger partial charge is 0.243 e. The van der Waals surface area contributed by atoms with E-state index in [1.165, 1.54) is 26.7 Å². The number of carbonyl (C=O) groups excluding carboxylic acids is 1. The molecule has 2 aromatic heterocycles. The fraction of sp³-hybridized carbons (Fsp3) is 0.407. The molecule has 10 nitrogen and oxygen atoms in total. The van der Waals surface area contributed by atoms with Crippen LogP contribution in [0.5, 0.6) is 11.5 Å². The predicted octanol–water partition coefficient (Wildman–Crippen LogP) is 4.49. The zero-order chi connectivity index (χ0) is 27.5. The minimum absolute atomic E-state index is 0.195. The standard InChI is InChI=1S/C27H30Cl2N6O4/c1-4-21(36)31-17-13-39-14-18(17)33-27-30-12-15-10-16(22-23(28)19(37-2)11-20(38-3)24(22)29)32-26(25(15)34-27)35-8-6-5-7-9-35/h4,10-12,17-18H,1,5-9,13-14H2,2-3H3,(H,31,36)(H,30,33,34)/t17-,18+/m0/s1. The van der Waals surface area contributed by atoms with E-state index in [1.54, 1.807) is 12.3 Å². The molecule has 0 saturated carbocycles. The lowest BCUT2D eigenvalue weighted by atomic mass is 10.1. The Balaban J connectivity index is 1.59. The molecule has 0 spiro atoms. The Morgan fingerprint density at radius 3 is 2.44 bits per heavy atom. The number of methoxy groups -OCH3 is 2. The zero-order valence-corrected chi connectivity index (χ0v) is 23.3. The molecule has 206 valence electrons. The summed E-state index contributed by atoms with van der Waals surface area (Å²) in [5.74, 6) is 1.75. The van der Waals surface area contributed by atoms with Crippen molar-refractivity contribution in [2.45, 2.75) is 31.3 Å². The minimum atomic E-state index is -0.257. The van der Waals surface area contributed by atoms with E-state index in [0.717, 1.165) is 37.1 Å². The molecule has 39 heavy (non-hydrogen) atoms. The Morgan fingerprint density at radius 2 is 1.77 bits per heavy atom. The van der Waals surface area contributed by atoms with Gasteiger partial charge in [0.2, 0.25) is 11.9 Å². The van der Waals surface area contributed by atoms with E-state index in [0.29, 0.717) is 57.5 Å². The van der Waals surface area contributed by atoms with Crippen LogP contribution in [0.15, 0.2) is 31.0 Å². The van der Waals surface area contributed by atoms with Crippen molar-refractivity contribution in [1.82, 2.24) is 20.3 Å². The number of aromatic nitrogens is 3. The Hall–Kier alpha value is -3.34. The number of nitrogens with one attached hydrogen (secondary N) is 2. The van der Waals surface area contributed by atoms with Gasteiger partial charge in [-0.3, -0.25) is 4.79 Å². The molecule has 1 amide bonds. The highest BCUT2D eigenvalue weighted by Gasteiger charge is 2.30. The molecular weight excluding hydrogens is 543 g/mol. The average molecular weight is 573 g/mol. The van der Waals surface area contributed by atoms with Crippen molar-refractivity contribution in [3.8, 4) is 22.8 Å². The van der Waals surface area contributed by atoms with Gasteiger partial charge in [0.25, 0.3) is 0 Å². The lowest BCUT2D eigenvalue weighted by Gasteiger charge is -2.29. The van der Waals surface area contributed by atoms with E-state index >= 15 is 0 Å². The molecule has 4 heterocycles. The summed E-state index contributed by atoms with van der Waals surface area (Å²) >= 11 is 13.5. The second kappa shape index (κ2) is 11.8. The van der Waals surface area contributed by atoms with Crippen LogP contribution in [-0.2, 0) is 9.53 Å². The Labute approximate surface area is 236 Å². The van der Waals surface area contributed by atoms with Crippen LogP contribution in [0.1, 0.15) is 19.3 Å². The fourth-order valence-corrected chi connectivity index (χ4v) is 5.60. The van der Waals surface area contributed by atoms with Gasteiger partial charge in [0.1, 0.15) is 17.0 Å². The maximum absolute atomic E-state index is 11.8. The number of hydrogen-bond donors (Lipinski definition) is 2. The molecule has 3 aromatic rings. The number of fused-ring (bicyclic) bond motifs is 1. The largest absolute Gasteiger partial charge is 0.495 e. The molecule has 2 saturated heterocycles. The summed E-state index contributed by atoms with van der Waals surface area (Å²) in [6.07, 6.45) is 6.27. The first-order valence-corrected chi connectivity index (χ1v) is 13.5. The van der Waals surface area contributed by atoms with Crippen molar-refractivity contribution in [3.63, 3.8) is 0 Å². The van der Waals surface area contributed by atoms with Gasteiger partial charge in [0.15, 0.2) is 5.82 Å². The van der Waals surface area contributed by atoms with Crippen LogP contribution in [0.2, 0.25) is 10.0 Å². The lowest BCUT2D eigenvalue weighted by molar-refractivity contribution is -0.117. The average Bonchev–Trinajstić information content (AvgIpc) is 3.39. The number of piperidine rings is 1. The molecule has 0 unspecified atom stereocenters. The van der Waals surface area contributed by atoms with Crippen LogP contribution in [0, 0.1) is 0 Å². The van der Waals surface area contributed by atoms with Crippen LogP contribution in [-0.4, -0.2) is 73.5 Å². The van der Waals surface area contributed by atoms with Gasteiger partial charge in [-0.15, -0.1) is 0 Å². The van der Waals surface area contributed by atoms with Gasteiger partial charge >= 0.3 is 0 Å². The van der Waals surface area contributed by atoms with Gasteiger partial charge in [-0.1, -0.05) is 29.8 Å². The molecule has 0 bridgehead atoms. The molecular formula is C27H30Cl2N6O4. The van der Waals surface area contributed by atoms with Crippen molar-refractivity contribution in [3.05, 3.63) is 41.0 Å². The molecule has 2 aliphatic rings. The van der Waals surface area contributed by atoms with Gasteiger partial charge < -0.3 is 29.7 Å². The second-order valence-corrected chi connectivity index (χ2v) is 10.2. The molecule has 12 heteroatoms. The maximum atomic E-state index is 11.8. The lowest BCUT2D eigenvalue weighted by Crippen LogP contribution is -2.45. The highest BCUT2D eigenvalue weighted by atomic mass is 35.5. The van der Waals surface area contributed by atoms with Crippen molar-refractivity contribution in [1.29, 1.82) is 0 Å². The Bertz CT molecular complexity index is 1370. The highest BCUT2D eigenvalue weighted by Crippen LogP contribution is 2.46. The van der Waals surface area contributed by atoms with Crippen LogP contribution in [0.25, 0.3) is 22.2 Å². The number of pyridine rings is 1. The van der Waals surface area contributed by atoms with Gasteiger partial charge in [-0.05, 0) is 31.4 Å². The number of ether oxygens (including phenoxy) is 3. The molecule has 2 N–H and O–H groups in total. The predicted molar refractivity (Wildman–Crippen MR) is 152 cm³/mol. The quantitative estimate of drug-likeness (QED) is 0.377. The number of halogens is 2. The van der Waals surface area contributed by atoms with Crippen molar-refractivity contribution in [2.24, 2.45) is 0 Å². The van der Waals surface area contributed by atoms with Crippen molar-refractivity contribution < 1.29 is 19.0 Å². The monoisotopic (exact) mass is 572 g/mol. The van der Waals surface area contributed by atoms with Gasteiger partial charge in [-0.2, -0.15) is 0 Å². The summed E-state index contributed by atoms with van der Waals surface area (Å²) in [4.78, 5) is 28.5. The number of anilines is 2. The van der Waals surface area contributed by atoms with E-state index in [2.05, 4.69) is 27.1 Å². The molecule has 2 atom stereocenters. The first-order valence-electron chi connectivity index (χ1n) is 12.7. The normalized spacial score (nSPS) is 19.1. The topological polar surface area (TPSA) is 111 Å². The summed E-state index contributed by atoms with van der Waals surface area (Å²) in [5.41, 5.74) is 1.78. The summed E-state index contributed by atoms with van der Waals surface area (Å²) in [6, 6.07) is 3.09. The fourth-order valence-electron chi connectivity index (χ4n) is 4.90. The molecule has 2 fully saturated rings. The van der Waals surface area contributed by atoms with Crippen molar-refractivity contribution in [2.75, 3.05) is 50.7 Å². The van der Waals surface area contributed by atoms with Crippen molar-refractivity contribution >= 4 is 51.8 Å². The Kier molecular flexibility index (Phi) is 8.25. The van der Waals surface area contributed by atoms with E-state index in [1.807, 2.05) is 6.07 Å². The third kappa shape index (κ3) is 5.54. The van der Waals surface area contributed by atoms with Crippen LogP contribution in [0.4, 0.5) is 11.8 Å². The minimum Gasteiger partial charge on any atom is -0.495 e.